The summed E-state index contributed by atoms with van der Waals surface area (Å²) in [5.74, 6) is -0.977. The third kappa shape index (κ3) is 65.2. The van der Waals surface area contributed by atoms with Crippen LogP contribution in [-0.2, 0) is 28.6 Å². The molecule has 0 spiro atoms. The lowest BCUT2D eigenvalue weighted by atomic mass is 10.1. The monoisotopic (exact) mass is 1110 g/mol. The second-order valence-electron chi connectivity index (χ2n) is 20.5. The summed E-state index contributed by atoms with van der Waals surface area (Å²) in [6.07, 6.45) is 100. The number of hydrogen-bond donors (Lipinski definition) is 0. The molecule has 6 nitrogen and oxygen atoms in total. The minimum Gasteiger partial charge on any atom is -0.462 e. The molecule has 0 aromatic carbocycles. The van der Waals surface area contributed by atoms with Crippen LogP contribution in [0.5, 0.6) is 0 Å². The van der Waals surface area contributed by atoms with Crippen molar-refractivity contribution in [3.8, 4) is 0 Å². The summed E-state index contributed by atoms with van der Waals surface area (Å²) in [7, 11) is 0. The quantitative estimate of drug-likeness (QED) is 0.0261. The first-order valence-corrected chi connectivity index (χ1v) is 32.3. The second-order valence-corrected chi connectivity index (χ2v) is 20.5. The zero-order chi connectivity index (χ0) is 58.5. The number of ether oxygens (including phenoxy) is 3. The molecule has 0 N–H and O–H groups in total. The SMILES string of the molecule is CC/C=C\C/C=C\C/C=C\C/C=C\C/C=C\C/C=C\C/C=C\CCCCCCCCCC(=O)OCC(COC(=O)CCCCC/C=C\C/C=C\C/C=C\CC)OC(=O)CCCCCCC/C=C\C/C=C\C/C=C\C/C=C\C/C=C\CC. The van der Waals surface area contributed by atoms with E-state index in [1.807, 2.05) is 0 Å². The van der Waals surface area contributed by atoms with Gasteiger partial charge in [-0.15, -0.1) is 0 Å². The first-order valence-electron chi connectivity index (χ1n) is 32.3. The van der Waals surface area contributed by atoms with Crippen LogP contribution in [0.15, 0.2) is 182 Å². The van der Waals surface area contributed by atoms with Gasteiger partial charge in [0.2, 0.25) is 0 Å². The van der Waals surface area contributed by atoms with Gasteiger partial charge in [-0.3, -0.25) is 14.4 Å². The fourth-order valence-corrected chi connectivity index (χ4v) is 8.17. The molecule has 0 aliphatic rings. The van der Waals surface area contributed by atoms with E-state index in [1.165, 1.54) is 19.3 Å². The number of carbonyl (C=O) groups is 3. The summed E-state index contributed by atoms with van der Waals surface area (Å²) in [5.41, 5.74) is 0. The third-order valence-corrected chi connectivity index (χ3v) is 12.9. The number of esters is 3. The maximum atomic E-state index is 12.9. The van der Waals surface area contributed by atoms with E-state index in [4.69, 9.17) is 14.2 Å². The lowest BCUT2D eigenvalue weighted by molar-refractivity contribution is -0.167. The van der Waals surface area contributed by atoms with Crippen molar-refractivity contribution < 1.29 is 28.6 Å². The van der Waals surface area contributed by atoms with Crippen molar-refractivity contribution in [2.45, 2.75) is 258 Å². The Labute approximate surface area is 497 Å². The zero-order valence-corrected chi connectivity index (χ0v) is 51.7. The average molecular weight is 1110 g/mol. The van der Waals surface area contributed by atoms with Gasteiger partial charge in [0.1, 0.15) is 13.2 Å². The van der Waals surface area contributed by atoms with E-state index in [1.54, 1.807) is 0 Å². The molecule has 0 aliphatic heterocycles. The molecule has 0 aliphatic carbocycles. The average Bonchev–Trinajstić information content (AvgIpc) is 3.46. The van der Waals surface area contributed by atoms with E-state index in [2.05, 4.69) is 203 Å². The molecule has 0 rings (SSSR count). The van der Waals surface area contributed by atoms with E-state index >= 15 is 0 Å². The van der Waals surface area contributed by atoms with Crippen molar-refractivity contribution in [3.05, 3.63) is 182 Å². The molecule has 1 atom stereocenters. The first kappa shape index (κ1) is 75.5. The van der Waals surface area contributed by atoms with E-state index in [0.717, 1.165) is 193 Å². The van der Waals surface area contributed by atoms with Gasteiger partial charge in [-0.05, 0) is 154 Å². The molecule has 0 aromatic rings. The zero-order valence-electron chi connectivity index (χ0n) is 51.7. The van der Waals surface area contributed by atoms with Crippen LogP contribution in [0.2, 0.25) is 0 Å². The van der Waals surface area contributed by atoms with Crippen LogP contribution in [0.25, 0.3) is 0 Å². The van der Waals surface area contributed by atoms with Crippen molar-refractivity contribution in [2.24, 2.45) is 0 Å². The van der Waals surface area contributed by atoms with Crippen molar-refractivity contribution in [2.75, 3.05) is 13.2 Å². The van der Waals surface area contributed by atoms with Crippen molar-refractivity contribution in [1.29, 1.82) is 0 Å². The molecule has 0 amide bonds. The second kappa shape index (κ2) is 67.0. The van der Waals surface area contributed by atoms with Crippen LogP contribution in [0.3, 0.4) is 0 Å². The van der Waals surface area contributed by atoms with Gasteiger partial charge in [-0.1, -0.05) is 261 Å². The Hall–Kier alpha value is -5.49. The Morgan fingerprint density at radius 3 is 0.704 bits per heavy atom. The molecule has 0 radical (unpaired) electrons. The molecule has 81 heavy (non-hydrogen) atoms. The first-order chi connectivity index (χ1) is 40.0. The van der Waals surface area contributed by atoms with E-state index in [9.17, 15) is 14.4 Å². The fraction of sp³-hybridized carbons (Fsp3) is 0.560. The molecule has 0 heterocycles. The van der Waals surface area contributed by atoms with Crippen LogP contribution in [0.4, 0.5) is 0 Å². The van der Waals surface area contributed by atoms with Crippen LogP contribution >= 0.6 is 0 Å². The smallest absolute Gasteiger partial charge is 0.306 e. The molecule has 1 unspecified atom stereocenters. The Kier molecular flexibility index (Phi) is 62.5. The number of allylic oxidation sites excluding steroid dienone is 30. The molecule has 0 saturated carbocycles. The van der Waals surface area contributed by atoms with Crippen LogP contribution in [0.1, 0.15) is 252 Å². The minimum atomic E-state index is -0.817. The topological polar surface area (TPSA) is 78.9 Å². The fourth-order valence-electron chi connectivity index (χ4n) is 8.17. The highest BCUT2D eigenvalue weighted by molar-refractivity contribution is 5.71. The van der Waals surface area contributed by atoms with E-state index in [-0.39, 0.29) is 37.5 Å². The molecule has 0 aromatic heterocycles. The predicted molar refractivity (Wildman–Crippen MR) is 352 cm³/mol. The molecule has 6 heteroatoms. The summed E-state index contributed by atoms with van der Waals surface area (Å²) in [5, 5.41) is 0. The maximum absolute atomic E-state index is 12.9. The Bertz CT molecular complexity index is 1900. The molecule has 0 saturated heterocycles. The summed E-state index contributed by atoms with van der Waals surface area (Å²) in [6, 6.07) is 0. The van der Waals surface area contributed by atoms with Gasteiger partial charge >= 0.3 is 17.9 Å². The Balaban J connectivity index is 4.43. The van der Waals surface area contributed by atoms with E-state index in [0.29, 0.717) is 12.8 Å². The van der Waals surface area contributed by atoms with Crippen LogP contribution < -0.4 is 0 Å². The number of carbonyl (C=O) groups excluding carboxylic acids is 3. The highest BCUT2D eigenvalue weighted by Gasteiger charge is 2.19. The lowest BCUT2D eigenvalue weighted by Gasteiger charge is -2.18. The molecular formula is C75H116O6. The standard InChI is InChI=1S/C75H116O6/c1-4-7-10-13-16-19-22-25-27-29-31-33-34-35-36-37-38-39-40-42-43-45-47-50-53-56-59-62-65-68-74(77)80-71-72(70-79-73(76)67-64-61-58-55-52-49-24-21-18-15-12-9-6-3)81-75(78)69-66-63-60-57-54-51-48-46-44-41-32-30-28-26-23-20-17-14-11-8-5-2/h7-12,16-21,25-28,31-33,35-36,38-39,41-43,46,48-49,52,72H,4-6,13-15,22-24,29-30,34,37,40,44-45,47,50-51,53-71H2,1-3H3/b10-7-,11-8-,12-9-,19-16-,20-17-,21-18-,27-25-,28-26-,33-31-,36-35-,39-38-,41-32-,43-42-,48-46-,52-49-. The molecule has 452 valence electrons. The summed E-state index contributed by atoms with van der Waals surface area (Å²) in [4.78, 5) is 38.3. The highest BCUT2D eigenvalue weighted by Crippen LogP contribution is 2.14. The predicted octanol–water partition coefficient (Wildman–Crippen LogP) is 22.4. The minimum absolute atomic E-state index is 0.111. The van der Waals surface area contributed by atoms with Gasteiger partial charge in [-0.2, -0.15) is 0 Å². The van der Waals surface area contributed by atoms with Gasteiger partial charge < -0.3 is 14.2 Å². The largest absolute Gasteiger partial charge is 0.462 e. The summed E-state index contributed by atoms with van der Waals surface area (Å²) in [6.45, 7) is 6.23. The van der Waals surface area contributed by atoms with Crippen molar-refractivity contribution >= 4 is 17.9 Å². The van der Waals surface area contributed by atoms with Crippen molar-refractivity contribution in [3.63, 3.8) is 0 Å². The molecular weight excluding hydrogens is 997 g/mol. The number of rotatable bonds is 56. The maximum Gasteiger partial charge on any atom is 0.306 e. The number of unbranched alkanes of at least 4 members (excludes halogenated alkanes) is 15. The Morgan fingerprint density at radius 1 is 0.247 bits per heavy atom. The van der Waals surface area contributed by atoms with Gasteiger partial charge in [0.15, 0.2) is 6.10 Å². The molecule has 0 bridgehead atoms. The van der Waals surface area contributed by atoms with Gasteiger partial charge in [0.05, 0.1) is 0 Å². The highest BCUT2D eigenvalue weighted by atomic mass is 16.6. The third-order valence-electron chi connectivity index (χ3n) is 12.9. The summed E-state index contributed by atoms with van der Waals surface area (Å²) < 4.78 is 16.9. The summed E-state index contributed by atoms with van der Waals surface area (Å²) >= 11 is 0. The Morgan fingerprint density at radius 2 is 0.444 bits per heavy atom. The van der Waals surface area contributed by atoms with Gasteiger partial charge in [0, 0.05) is 19.3 Å². The lowest BCUT2D eigenvalue weighted by Crippen LogP contribution is -2.30. The van der Waals surface area contributed by atoms with Crippen molar-refractivity contribution in [1.82, 2.24) is 0 Å². The normalized spacial score (nSPS) is 13.4. The molecule has 0 fully saturated rings. The van der Waals surface area contributed by atoms with Gasteiger partial charge in [0.25, 0.3) is 0 Å². The van der Waals surface area contributed by atoms with Gasteiger partial charge in [-0.25, -0.2) is 0 Å². The van der Waals surface area contributed by atoms with Crippen LogP contribution in [-0.4, -0.2) is 37.2 Å². The van der Waals surface area contributed by atoms with Crippen LogP contribution in [0, 0.1) is 0 Å². The number of hydrogen-bond acceptors (Lipinski definition) is 6. The van der Waals surface area contributed by atoms with E-state index < -0.39 is 6.10 Å².